The van der Waals surface area contributed by atoms with Crippen LogP contribution in [0.3, 0.4) is 0 Å². The van der Waals surface area contributed by atoms with E-state index in [1.54, 1.807) is 30.3 Å². The second-order valence-electron chi connectivity index (χ2n) is 9.46. The third kappa shape index (κ3) is 4.30. The molecule has 31 heavy (non-hydrogen) atoms. The summed E-state index contributed by atoms with van der Waals surface area (Å²) in [6.07, 6.45) is 3.89. The number of rotatable bonds is 3. The lowest BCUT2D eigenvalue weighted by Gasteiger charge is -2.42. The summed E-state index contributed by atoms with van der Waals surface area (Å²) in [5.41, 5.74) is 4.83. The zero-order chi connectivity index (χ0) is 22.4. The minimum atomic E-state index is -0.383. The molecule has 2 aliphatic rings. The number of hydrogen-bond donors (Lipinski definition) is 2. The van der Waals surface area contributed by atoms with Crippen LogP contribution in [-0.4, -0.2) is 17.1 Å². The average Bonchev–Trinajstić information content (AvgIpc) is 3.03. The number of carbonyl (C=O) groups excluding carboxylic acids is 3. The molecule has 0 unspecified atom stereocenters. The first-order valence-electron chi connectivity index (χ1n) is 10.4. The smallest absolute Gasteiger partial charge is 0.290 e. The Hall–Kier alpha value is -2.86. The van der Waals surface area contributed by atoms with Gasteiger partial charge in [0, 0.05) is 11.3 Å². The molecule has 1 heterocycles. The average molecular weight is 435 g/mol. The van der Waals surface area contributed by atoms with Gasteiger partial charge in [0.15, 0.2) is 0 Å². The molecular formula is C25H26N2O3S. The number of benzene rings is 2. The minimum absolute atomic E-state index is 0.0439. The van der Waals surface area contributed by atoms with Gasteiger partial charge in [-0.1, -0.05) is 45.9 Å². The van der Waals surface area contributed by atoms with Gasteiger partial charge in [0.1, 0.15) is 0 Å². The van der Waals surface area contributed by atoms with Crippen molar-refractivity contribution in [1.29, 1.82) is 0 Å². The van der Waals surface area contributed by atoms with Crippen molar-refractivity contribution >= 4 is 40.6 Å². The molecule has 2 aromatic carbocycles. The molecule has 0 radical (unpaired) electrons. The van der Waals surface area contributed by atoms with E-state index in [1.807, 2.05) is 12.1 Å². The van der Waals surface area contributed by atoms with Gasteiger partial charge in [-0.3, -0.25) is 19.7 Å². The zero-order valence-corrected chi connectivity index (χ0v) is 19.0. The fourth-order valence-electron chi connectivity index (χ4n) is 4.17. The van der Waals surface area contributed by atoms with E-state index in [0.29, 0.717) is 16.2 Å². The molecule has 4 rings (SSSR count). The van der Waals surface area contributed by atoms with Crippen LogP contribution in [-0.2, 0) is 15.6 Å². The summed E-state index contributed by atoms with van der Waals surface area (Å²) in [5.74, 6) is -0.532. The van der Waals surface area contributed by atoms with Crippen molar-refractivity contribution in [3.8, 4) is 0 Å². The van der Waals surface area contributed by atoms with Crippen LogP contribution in [0.25, 0.3) is 6.08 Å². The second kappa shape index (κ2) is 7.68. The Bertz CT molecular complexity index is 1110. The molecule has 1 fully saturated rings. The van der Waals surface area contributed by atoms with Crippen LogP contribution in [0.2, 0.25) is 0 Å². The third-order valence-corrected chi connectivity index (χ3v) is 7.03. The highest BCUT2D eigenvalue weighted by atomic mass is 32.2. The number of fused-ring (bicyclic) bond motifs is 1. The molecule has 0 saturated carbocycles. The number of hydrogen-bond acceptors (Lipinski definition) is 4. The molecule has 1 saturated heterocycles. The van der Waals surface area contributed by atoms with Gasteiger partial charge in [0.05, 0.1) is 4.91 Å². The van der Waals surface area contributed by atoms with Crippen LogP contribution in [0, 0.1) is 0 Å². The van der Waals surface area contributed by atoms with E-state index in [2.05, 4.69) is 44.4 Å². The molecule has 3 amide bonds. The van der Waals surface area contributed by atoms with Crippen molar-refractivity contribution in [3.05, 3.63) is 69.6 Å². The Kier molecular flexibility index (Phi) is 5.30. The van der Waals surface area contributed by atoms with Crippen LogP contribution in [0.5, 0.6) is 0 Å². The van der Waals surface area contributed by atoms with E-state index in [0.717, 1.165) is 30.2 Å². The Morgan fingerprint density at radius 2 is 1.61 bits per heavy atom. The van der Waals surface area contributed by atoms with Crippen molar-refractivity contribution in [3.63, 3.8) is 0 Å². The molecule has 6 heteroatoms. The molecule has 2 N–H and O–H groups in total. The number of carbonyl (C=O) groups is 3. The third-order valence-electron chi connectivity index (χ3n) is 6.22. The van der Waals surface area contributed by atoms with Crippen molar-refractivity contribution < 1.29 is 14.4 Å². The fraction of sp³-hybridized carbons (Fsp3) is 0.320. The van der Waals surface area contributed by atoms with Gasteiger partial charge in [-0.2, -0.15) is 0 Å². The Morgan fingerprint density at radius 1 is 0.968 bits per heavy atom. The summed E-state index contributed by atoms with van der Waals surface area (Å²) in [6.45, 7) is 9.02. The Labute approximate surface area is 186 Å². The first kappa shape index (κ1) is 21.4. The SMILES string of the molecule is CC1(C)CCC(C)(C)c2cc(C(=O)Nc3ccc(C=C4SC(=O)NC4=O)cc3)ccc21. The number of nitrogens with one attached hydrogen (secondary N) is 2. The molecule has 1 aliphatic heterocycles. The van der Waals surface area contributed by atoms with E-state index < -0.39 is 0 Å². The van der Waals surface area contributed by atoms with Crippen molar-refractivity contribution in [2.24, 2.45) is 0 Å². The highest BCUT2D eigenvalue weighted by Crippen LogP contribution is 2.45. The summed E-state index contributed by atoms with van der Waals surface area (Å²) in [6, 6.07) is 13.2. The van der Waals surface area contributed by atoms with E-state index >= 15 is 0 Å². The molecule has 5 nitrogen and oxygen atoms in total. The molecule has 1 aliphatic carbocycles. The van der Waals surface area contributed by atoms with E-state index in [9.17, 15) is 14.4 Å². The van der Waals surface area contributed by atoms with Crippen LogP contribution in [0.4, 0.5) is 10.5 Å². The van der Waals surface area contributed by atoms with Gasteiger partial charge >= 0.3 is 0 Å². The molecule has 0 spiro atoms. The van der Waals surface area contributed by atoms with Gasteiger partial charge in [-0.05, 0) is 82.5 Å². The maximum absolute atomic E-state index is 12.9. The van der Waals surface area contributed by atoms with Crippen LogP contribution in [0.1, 0.15) is 67.6 Å². The zero-order valence-electron chi connectivity index (χ0n) is 18.2. The highest BCUT2D eigenvalue weighted by Gasteiger charge is 2.37. The molecule has 160 valence electrons. The van der Waals surface area contributed by atoms with Crippen LogP contribution in [0.15, 0.2) is 47.4 Å². The number of amides is 3. The number of thioether (sulfide) groups is 1. The molecule has 0 bridgehead atoms. The molecule has 0 atom stereocenters. The van der Waals surface area contributed by atoms with Gasteiger partial charge < -0.3 is 5.32 Å². The predicted molar refractivity (Wildman–Crippen MR) is 125 cm³/mol. The lowest BCUT2D eigenvalue weighted by atomic mass is 9.63. The first-order chi connectivity index (χ1) is 14.5. The van der Waals surface area contributed by atoms with Gasteiger partial charge in [-0.15, -0.1) is 0 Å². The normalized spacial score (nSPS) is 20.3. The number of anilines is 1. The van der Waals surface area contributed by atoms with Gasteiger partial charge in [0.25, 0.3) is 17.1 Å². The van der Waals surface area contributed by atoms with Crippen LogP contribution >= 0.6 is 11.8 Å². The van der Waals surface area contributed by atoms with E-state index in [4.69, 9.17) is 0 Å². The summed E-state index contributed by atoms with van der Waals surface area (Å²) in [5, 5.41) is 4.82. The molecule has 0 aromatic heterocycles. The monoisotopic (exact) mass is 434 g/mol. The standard InChI is InChI=1S/C25H26N2O3S/c1-24(2)11-12-25(3,4)19-14-16(7-10-18(19)24)21(28)26-17-8-5-15(6-9-17)13-20-22(29)27-23(30)31-20/h5-10,13-14H,11-12H2,1-4H3,(H,26,28)(H,27,29,30). The van der Waals surface area contributed by atoms with Gasteiger partial charge in [-0.25, -0.2) is 0 Å². The van der Waals surface area contributed by atoms with Crippen LogP contribution < -0.4 is 10.6 Å². The van der Waals surface area contributed by atoms with E-state index in [1.165, 1.54) is 11.1 Å². The van der Waals surface area contributed by atoms with E-state index in [-0.39, 0.29) is 27.9 Å². The lowest BCUT2D eigenvalue weighted by Crippen LogP contribution is -2.34. The maximum atomic E-state index is 12.9. The largest absolute Gasteiger partial charge is 0.322 e. The topological polar surface area (TPSA) is 75.3 Å². The Morgan fingerprint density at radius 3 is 2.23 bits per heavy atom. The summed E-state index contributed by atoms with van der Waals surface area (Å²) < 4.78 is 0. The summed E-state index contributed by atoms with van der Waals surface area (Å²) in [7, 11) is 0. The minimum Gasteiger partial charge on any atom is -0.322 e. The summed E-state index contributed by atoms with van der Waals surface area (Å²) >= 11 is 0.883. The fourth-order valence-corrected chi connectivity index (χ4v) is 4.85. The molecular weight excluding hydrogens is 408 g/mol. The Balaban J connectivity index is 1.52. The highest BCUT2D eigenvalue weighted by molar-refractivity contribution is 8.18. The number of imide groups is 1. The van der Waals surface area contributed by atoms with Crippen molar-refractivity contribution in [2.45, 2.75) is 51.4 Å². The molecule has 2 aromatic rings. The quantitative estimate of drug-likeness (QED) is 0.616. The lowest BCUT2D eigenvalue weighted by molar-refractivity contribution is -0.115. The predicted octanol–water partition coefficient (Wildman–Crippen LogP) is 5.61. The van der Waals surface area contributed by atoms with Crippen molar-refractivity contribution in [2.75, 3.05) is 5.32 Å². The van der Waals surface area contributed by atoms with Gasteiger partial charge in [0.2, 0.25) is 0 Å². The maximum Gasteiger partial charge on any atom is 0.290 e. The first-order valence-corrected chi connectivity index (χ1v) is 11.2. The second-order valence-corrected chi connectivity index (χ2v) is 10.5. The van der Waals surface area contributed by atoms with Crippen molar-refractivity contribution in [1.82, 2.24) is 5.32 Å². The summed E-state index contributed by atoms with van der Waals surface area (Å²) in [4.78, 5) is 36.2.